The van der Waals surface area contributed by atoms with E-state index in [9.17, 15) is 0 Å². The lowest BCUT2D eigenvalue weighted by Crippen LogP contribution is -2.18. The Morgan fingerprint density at radius 3 is 2.78 bits per heavy atom. The van der Waals surface area contributed by atoms with Crippen molar-refractivity contribution in [2.45, 2.75) is 32.9 Å². The van der Waals surface area contributed by atoms with Crippen LogP contribution in [-0.4, -0.2) is 31.1 Å². The van der Waals surface area contributed by atoms with E-state index in [1.165, 1.54) is 0 Å². The van der Waals surface area contributed by atoms with Crippen molar-refractivity contribution >= 4 is 0 Å². The number of rotatable bonds is 6. The van der Waals surface area contributed by atoms with E-state index in [2.05, 4.69) is 34.3 Å². The molecule has 6 heteroatoms. The minimum atomic E-state index is 0.413. The minimum absolute atomic E-state index is 0.413. The van der Waals surface area contributed by atoms with Gasteiger partial charge in [-0.15, -0.1) is 0 Å². The fourth-order valence-corrected chi connectivity index (χ4v) is 1.67. The molecule has 0 atom stereocenters. The molecule has 2 aromatic rings. The Morgan fingerprint density at radius 1 is 1.33 bits per heavy atom. The summed E-state index contributed by atoms with van der Waals surface area (Å²) >= 11 is 0. The van der Waals surface area contributed by atoms with Gasteiger partial charge in [0.05, 0.1) is 5.69 Å². The highest BCUT2D eigenvalue weighted by Gasteiger charge is 2.02. The van der Waals surface area contributed by atoms with Crippen LogP contribution in [0.5, 0.6) is 0 Å². The molecular weight excluding hydrogens is 228 g/mol. The molecule has 0 aromatic carbocycles. The molecule has 0 aliphatic carbocycles. The molecule has 2 aromatic heterocycles. The molecule has 0 aliphatic heterocycles. The van der Waals surface area contributed by atoms with Crippen LogP contribution in [0.4, 0.5) is 0 Å². The monoisotopic (exact) mass is 248 g/mol. The van der Waals surface area contributed by atoms with E-state index >= 15 is 0 Å². The molecule has 6 nitrogen and oxygen atoms in total. The van der Waals surface area contributed by atoms with Gasteiger partial charge < -0.3 is 5.32 Å². The van der Waals surface area contributed by atoms with Gasteiger partial charge in [-0.1, -0.05) is 0 Å². The van der Waals surface area contributed by atoms with Gasteiger partial charge >= 0.3 is 0 Å². The summed E-state index contributed by atoms with van der Waals surface area (Å²) in [5, 5.41) is 12.1. The first-order chi connectivity index (χ1) is 8.65. The Morgan fingerprint density at radius 2 is 2.17 bits per heavy atom. The average molecular weight is 248 g/mol. The molecule has 0 saturated carbocycles. The molecule has 2 rings (SSSR count). The first-order valence-corrected chi connectivity index (χ1v) is 6.24. The van der Waals surface area contributed by atoms with E-state index in [4.69, 9.17) is 0 Å². The van der Waals surface area contributed by atoms with Gasteiger partial charge in [-0.25, -0.2) is 4.98 Å². The molecule has 0 aliphatic rings. The summed E-state index contributed by atoms with van der Waals surface area (Å²) in [7, 11) is 1.88. The van der Waals surface area contributed by atoms with Crippen LogP contribution in [0.2, 0.25) is 0 Å². The molecule has 0 saturated heterocycles. The highest BCUT2D eigenvalue weighted by atomic mass is 15.3. The number of aryl methyl sites for hydroxylation is 1. The Hall–Kier alpha value is -1.69. The molecule has 0 unspecified atom stereocenters. The average Bonchev–Trinajstić information content (AvgIpc) is 2.93. The summed E-state index contributed by atoms with van der Waals surface area (Å²) in [6.07, 6.45) is 4.58. The Kier molecular flexibility index (Phi) is 4.09. The van der Waals surface area contributed by atoms with Crippen molar-refractivity contribution in [3.8, 4) is 0 Å². The van der Waals surface area contributed by atoms with Crippen LogP contribution < -0.4 is 5.32 Å². The largest absolute Gasteiger partial charge is 0.311 e. The lowest BCUT2D eigenvalue weighted by molar-refractivity contribution is 0.521. The quantitative estimate of drug-likeness (QED) is 0.772. The summed E-state index contributed by atoms with van der Waals surface area (Å²) in [4.78, 5) is 4.18. The van der Waals surface area contributed by atoms with E-state index in [0.29, 0.717) is 6.04 Å². The summed E-state index contributed by atoms with van der Waals surface area (Å²) in [6, 6.07) is 2.46. The highest BCUT2D eigenvalue weighted by Crippen LogP contribution is 2.03. The molecule has 98 valence electrons. The minimum Gasteiger partial charge on any atom is -0.311 e. The Bertz CT molecular complexity index is 484. The number of hydrogen-bond acceptors (Lipinski definition) is 4. The van der Waals surface area contributed by atoms with Crippen LogP contribution in [0.3, 0.4) is 0 Å². The zero-order chi connectivity index (χ0) is 13.0. The second-order valence-electron chi connectivity index (χ2n) is 4.64. The predicted octanol–water partition coefficient (Wildman–Crippen LogP) is 0.925. The smallest absolute Gasteiger partial charge is 0.151 e. The van der Waals surface area contributed by atoms with Crippen LogP contribution in [-0.2, 0) is 20.0 Å². The molecule has 1 N–H and O–H groups in total. The maximum absolute atomic E-state index is 4.48. The van der Waals surface area contributed by atoms with Crippen molar-refractivity contribution in [1.29, 1.82) is 0 Å². The number of aromatic nitrogens is 5. The van der Waals surface area contributed by atoms with Gasteiger partial charge in [0.25, 0.3) is 0 Å². The summed E-state index contributed by atoms with van der Waals surface area (Å²) in [5.41, 5.74) is 1.07. The van der Waals surface area contributed by atoms with Gasteiger partial charge in [0.15, 0.2) is 5.82 Å². The second-order valence-corrected chi connectivity index (χ2v) is 4.64. The van der Waals surface area contributed by atoms with Gasteiger partial charge in [-0.3, -0.25) is 9.36 Å². The summed E-state index contributed by atoms with van der Waals surface area (Å²) < 4.78 is 3.69. The molecule has 0 radical (unpaired) electrons. The van der Waals surface area contributed by atoms with Crippen molar-refractivity contribution < 1.29 is 0 Å². The fourth-order valence-electron chi connectivity index (χ4n) is 1.67. The maximum atomic E-state index is 4.48. The van der Waals surface area contributed by atoms with Gasteiger partial charge in [0.2, 0.25) is 0 Å². The SMILES string of the molecule is CC(C)n1ccc(CNCCc2ncn(C)n2)n1. The van der Waals surface area contributed by atoms with Crippen LogP contribution in [0.25, 0.3) is 0 Å². The zero-order valence-electron chi connectivity index (χ0n) is 11.2. The molecule has 2 heterocycles. The lowest BCUT2D eigenvalue weighted by atomic mass is 10.4. The van der Waals surface area contributed by atoms with Crippen LogP contribution in [0.1, 0.15) is 31.4 Å². The first kappa shape index (κ1) is 12.8. The number of nitrogens with one attached hydrogen (secondary N) is 1. The molecule has 18 heavy (non-hydrogen) atoms. The third kappa shape index (κ3) is 3.40. The Labute approximate surface area is 107 Å². The van der Waals surface area contributed by atoms with E-state index in [0.717, 1.165) is 31.0 Å². The molecule has 0 spiro atoms. The zero-order valence-corrected chi connectivity index (χ0v) is 11.2. The van der Waals surface area contributed by atoms with Gasteiger partial charge in [-0.05, 0) is 19.9 Å². The van der Waals surface area contributed by atoms with E-state index in [1.54, 1.807) is 11.0 Å². The van der Waals surface area contributed by atoms with Crippen molar-refractivity contribution in [2.24, 2.45) is 7.05 Å². The first-order valence-electron chi connectivity index (χ1n) is 6.24. The van der Waals surface area contributed by atoms with Crippen molar-refractivity contribution in [3.63, 3.8) is 0 Å². The van der Waals surface area contributed by atoms with E-state index < -0.39 is 0 Å². The topological polar surface area (TPSA) is 60.6 Å². The maximum Gasteiger partial charge on any atom is 0.151 e. The van der Waals surface area contributed by atoms with Crippen LogP contribution in [0.15, 0.2) is 18.6 Å². The summed E-state index contributed by atoms with van der Waals surface area (Å²) in [6.45, 7) is 5.89. The number of hydrogen-bond donors (Lipinski definition) is 1. The van der Waals surface area contributed by atoms with Gasteiger partial charge in [0, 0.05) is 38.8 Å². The predicted molar refractivity (Wildman–Crippen MR) is 69.0 cm³/mol. The highest BCUT2D eigenvalue weighted by molar-refractivity contribution is 4.99. The van der Waals surface area contributed by atoms with Crippen LogP contribution in [0, 0.1) is 0 Å². The summed E-state index contributed by atoms with van der Waals surface area (Å²) in [5.74, 6) is 0.873. The number of nitrogens with zero attached hydrogens (tertiary/aromatic N) is 5. The Balaban J connectivity index is 1.71. The van der Waals surface area contributed by atoms with Crippen LogP contribution >= 0.6 is 0 Å². The molecule has 0 fully saturated rings. The van der Waals surface area contributed by atoms with Crippen molar-refractivity contribution in [1.82, 2.24) is 29.9 Å². The standard InChI is InChI=1S/C12H20N6/c1-10(2)18-7-5-11(15-18)8-13-6-4-12-14-9-17(3)16-12/h5,7,9-10,13H,4,6,8H2,1-3H3. The van der Waals surface area contributed by atoms with Gasteiger partial charge in [0.1, 0.15) is 6.33 Å². The lowest BCUT2D eigenvalue weighted by Gasteiger charge is -2.04. The van der Waals surface area contributed by atoms with Crippen molar-refractivity contribution in [3.05, 3.63) is 30.1 Å². The molecular formula is C12H20N6. The van der Waals surface area contributed by atoms with Crippen molar-refractivity contribution in [2.75, 3.05) is 6.54 Å². The third-order valence-electron chi connectivity index (χ3n) is 2.67. The normalized spacial score (nSPS) is 11.3. The second kappa shape index (κ2) is 5.77. The van der Waals surface area contributed by atoms with E-state index in [-0.39, 0.29) is 0 Å². The van der Waals surface area contributed by atoms with Gasteiger partial charge in [-0.2, -0.15) is 10.2 Å². The fraction of sp³-hybridized carbons (Fsp3) is 0.583. The third-order valence-corrected chi connectivity index (χ3v) is 2.67. The van der Waals surface area contributed by atoms with E-state index in [1.807, 2.05) is 24.0 Å². The molecule has 0 amide bonds. The molecule has 0 bridgehead atoms.